The van der Waals surface area contributed by atoms with Gasteiger partial charge in [0, 0.05) is 29.7 Å². The van der Waals surface area contributed by atoms with Crippen molar-refractivity contribution < 1.29 is 4.74 Å². The zero-order valence-electron chi connectivity index (χ0n) is 18.0. The summed E-state index contributed by atoms with van der Waals surface area (Å²) < 4.78 is 8.89. The van der Waals surface area contributed by atoms with Crippen LogP contribution >= 0.6 is 11.9 Å². The highest BCUT2D eigenvalue weighted by Crippen LogP contribution is 2.26. The van der Waals surface area contributed by atoms with E-state index in [1.165, 1.54) is 10.5 Å². The van der Waals surface area contributed by atoms with Crippen molar-refractivity contribution in [3.8, 4) is 11.8 Å². The molecule has 1 N–H and O–H groups in total. The lowest BCUT2D eigenvalue weighted by atomic mass is 10.1. The molecule has 1 fully saturated rings. The lowest BCUT2D eigenvalue weighted by molar-refractivity contribution is 0.122. The van der Waals surface area contributed by atoms with Crippen molar-refractivity contribution in [2.45, 2.75) is 25.7 Å². The molecule has 1 saturated heterocycles. The van der Waals surface area contributed by atoms with Gasteiger partial charge in [-0.05, 0) is 50.4 Å². The van der Waals surface area contributed by atoms with Crippen LogP contribution in [0.4, 0.5) is 11.5 Å². The summed E-state index contributed by atoms with van der Waals surface area (Å²) in [6, 6.07) is 10.3. The molecule has 0 spiro atoms. The minimum absolute atomic E-state index is 0.700. The fourth-order valence-corrected chi connectivity index (χ4v) is 4.04. The van der Waals surface area contributed by atoms with Crippen LogP contribution in [0.25, 0.3) is 0 Å². The van der Waals surface area contributed by atoms with E-state index in [-0.39, 0.29) is 0 Å². The van der Waals surface area contributed by atoms with Gasteiger partial charge < -0.3 is 14.4 Å². The monoisotopic (exact) mass is 431 g/mol. The molecule has 1 aliphatic rings. The van der Waals surface area contributed by atoms with Gasteiger partial charge in [0.15, 0.2) is 0 Å². The van der Waals surface area contributed by atoms with E-state index in [4.69, 9.17) is 4.74 Å². The number of benzene rings is 1. The van der Waals surface area contributed by atoms with Gasteiger partial charge in [-0.3, -0.25) is 4.98 Å². The number of ether oxygens (including phenoxy) is 1. The van der Waals surface area contributed by atoms with E-state index in [1.807, 2.05) is 32.0 Å². The van der Waals surface area contributed by atoms with Crippen molar-refractivity contribution >= 4 is 23.5 Å². The maximum atomic E-state index is 5.47. The number of pyridine rings is 1. The minimum Gasteiger partial charge on any atom is -0.378 e. The average molecular weight is 432 g/mol. The molecule has 0 bridgehead atoms. The number of aromatic nitrogens is 3. The molecule has 31 heavy (non-hydrogen) atoms. The zero-order valence-corrected chi connectivity index (χ0v) is 18.8. The van der Waals surface area contributed by atoms with E-state index < -0.39 is 0 Å². The number of hydrogen-bond acceptors (Lipinski definition) is 7. The van der Waals surface area contributed by atoms with Gasteiger partial charge in [0.25, 0.3) is 0 Å². The first kappa shape index (κ1) is 21.2. The van der Waals surface area contributed by atoms with Gasteiger partial charge in [-0.15, -0.1) is 0 Å². The largest absolute Gasteiger partial charge is 0.378 e. The average Bonchev–Trinajstić information content (AvgIpc) is 2.79. The second-order valence-electron chi connectivity index (χ2n) is 7.33. The van der Waals surface area contributed by atoms with Gasteiger partial charge in [0.05, 0.1) is 35.9 Å². The summed E-state index contributed by atoms with van der Waals surface area (Å²) in [5, 5.41) is 0. The smallest absolute Gasteiger partial charge is 0.148 e. The lowest BCUT2D eigenvalue weighted by Crippen LogP contribution is -2.37. The Morgan fingerprint density at radius 1 is 1.00 bits per heavy atom. The van der Waals surface area contributed by atoms with Gasteiger partial charge >= 0.3 is 0 Å². The second kappa shape index (κ2) is 9.82. The van der Waals surface area contributed by atoms with Crippen LogP contribution in [0.1, 0.15) is 28.1 Å². The van der Waals surface area contributed by atoms with E-state index in [0.29, 0.717) is 13.2 Å². The van der Waals surface area contributed by atoms with E-state index >= 15 is 0 Å². The van der Waals surface area contributed by atoms with E-state index in [0.717, 1.165) is 47.1 Å². The van der Waals surface area contributed by atoms with Gasteiger partial charge in [-0.1, -0.05) is 30.0 Å². The highest BCUT2D eigenvalue weighted by molar-refractivity contribution is 8.00. The third-order valence-corrected chi connectivity index (χ3v) is 6.11. The molecule has 3 aromatic rings. The normalized spacial score (nSPS) is 13.5. The molecule has 4 rings (SSSR count). The fourth-order valence-electron chi connectivity index (χ4n) is 3.24. The van der Waals surface area contributed by atoms with Crippen molar-refractivity contribution in [1.82, 2.24) is 15.0 Å². The van der Waals surface area contributed by atoms with Crippen LogP contribution in [0.5, 0.6) is 0 Å². The first-order valence-corrected chi connectivity index (χ1v) is 11.0. The van der Waals surface area contributed by atoms with Crippen LogP contribution in [0.15, 0.2) is 47.8 Å². The van der Waals surface area contributed by atoms with Crippen molar-refractivity contribution in [3.63, 3.8) is 0 Å². The molecule has 158 valence electrons. The molecule has 0 unspecified atom stereocenters. The molecule has 0 radical (unpaired) electrons. The third kappa shape index (κ3) is 5.16. The highest BCUT2D eigenvalue weighted by Gasteiger charge is 2.17. The molecule has 0 atom stereocenters. The molecule has 2 aromatic heterocycles. The number of nitrogens with zero attached hydrogens (tertiary/aromatic N) is 4. The maximum Gasteiger partial charge on any atom is 0.148 e. The van der Waals surface area contributed by atoms with Gasteiger partial charge in [-0.2, -0.15) is 0 Å². The maximum absolute atomic E-state index is 5.47. The summed E-state index contributed by atoms with van der Waals surface area (Å²) in [5.74, 6) is 7.42. The van der Waals surface area contributed by atoms with Crippen molar-refractivity contribution in [2.75, 3.05) is 35.9 Å². The number of hydrogen-bond donors (Lipinski definition) is 1. The fraction of sp³-hybridized carbons (Fsp3) is 0.292. The lowest BCUT2D eigenvalue weighted by Gasteiger charge is -2.28. The van der Waals surface area contributed by atoms with Crippen LogP contribution in [-0.2, 0) is 4.74 Å². The summed E-state index contributed by atoms with van der Waals surface area (Å²) >= 11 is 1.58. The van der Waals surface area contributed by atoms with Gasteiger partial charge in [0.2, 0.25) is 0 Å². The highest BCUT2D eigenvalue weighted by atomic mass is 32.2. The molecule has 1 aliphatic heterocycles. The quantitative estimate of drug-likeness (QED) is 0.492. The predicted molar refractivity (Wildman–Crippen MR) is 125 cm³/mol. The molecule has 7 heteroatoms. The first-order valence-electron chi connectivity index (χ1n) is 10.2. The number of rotatable bonds is 4. The first-order chi connectivity index (χ1) is 15.1. The summed E-state index contributed by atoms with van der Waals surface area (Å²) in [5.41, 5.74) is 5.69. The Morgan fingerprint density at radius 3 is 2.61 bits per heavy atom. The van der Waals surface area contributed by atoms with Crippen LogP contribution in [-0.4, -0.2) is 41.3 Å². The molecule has 6 nitrogen and oxygen atoms in total. The Bertz CT molecular complexity index is 1130. The summed E-state index contributed by atoms with van der Waals surface area (Å²) in [4.78, 5) is 16.8. The molecule has 3 heterocycles. The van der Waals surface area contributed by atoms with Crippen LogP contribution in [0.2, 0.25) is 0 Å². The number of morpholine rings is 1. The van der Waals surface area contributed by atoms with E-state index in [9.17, 15) is 0 Å². The van der Waals surface area contributed by atoms with Gasteiger partial charge in [-0.25, -0.2) is 9.97 Å². The zero-order chi connectivity index (χ0) is 21.6. The van der Waals surface area contributed by atoms with Crippen molar-refractivity contribution in [1.29, 1.82) is 0 Å². The molecule has 0 aliphatic carbocycles. The Morgan fingerprint density at radius 2 is 1.81 bits per heavy atom. The van der Waals surface area contributed by atoms with Crippen molar-refractivity contribution in [3.05, 3.63) is 70.9 Å². The molecule has 0 saturated carbocycles. The summed E-state index contributed by atoms with van der Waals surface area (Å²) in [7, 11) is 0. The van der Waals surface area contributed by atoms with Crippen LogP contribution < -0.4 is 9.62 Å². The molecule has 0 amide bonds. The van der Waals surface area contributed by atoms with Crippen LogP contribution in [0.3, 0.4) is 0 Å². The van der Waals surface area contributed by atoms with Crippen molar-refractivity contribution in [2.24, 2.45) is 0 Å². The SMILES string of the molecule is Cc1ccccc1SNc1cc(C#Cc2c(C)ncnc2N2CCOCC2)cnc1C. The van der Waals surface area contributed by atoms with Crippen LogP contribution in [0, 0.1) is 32.6 Å². The Balaban J connectivity index is 1.57. The molecule has 1 aromatic carbocycles. The van der Waals surface area contributed by atoms with E-state index in [2.05, 4.69) is 55.5 Å². The third-order valence-electron chi connectivity index (χ3n) is 5.11. The minimum atomic E-state index is 0.700. The van der Waals surface area contributed by atoms with Gasteiger partial charge in [0.1, 0.15) is 12.1 Å². The Kier molecular flexibility index (Phi) is 6.70. The molecular weight excluding hydrogens is 406 g/mol. The number of nitrogens with one attached hydrogen (secondary N) is 1. The summed E-state index contributed by atoms with van der Waals surface area (Å²) in [6.45, 7) is 9.07. The predicted octanol–water partition coefficient (Wildman–Crippen LogP) is 4.15. The van der Waals surface area contributed by atoms with E-state index in [1.54, 1.807) is 24.5 Å². The summed E-state index contributed by atoms with van der Waals surface area (Å²) in [6.07, 6.45) is 3.41. The topological polar surface area (TPSA) is 63.2 Å². The number of anilines is 2. The second-order valence-corrected chi connectivity index (χ2v) is 8.18. The standard InChI is InChI=1S/C24H25N5OS/c1-17-6-4-5-7-23(17)31-28-22-14-20(15-25-19(22)3)8-9-21-18(2)26-16-27-24(21)29-10-12-30-13-11-29/h4-7,14-16,28H,10-13H2,1-3H3. The Labute approximate surface area is 187 Å². The number of aryl methyl sites for hydroxylation is 3. The Hall–Kier alpha value is -3.08. The molecular formula is C24H25N5OS.